The average molecular weight is 267 g/mol. The van der Waals surface area contributed by atoms with Gasteiger partial charge in [-0.15, -0.1) is 0 Å². The number of halogens is 1. The number of nitrogens with one attached hydrogen (secondary N) is 2. The molecule has 2 amide bonds. The molecule has 0 heterocycles. The topological polar surface area (TPSA) is 84.2 Å². The number of nitrogens with two attached hydrogens (primary N) is 1. The third-order valence-corrected chi connectivity index (χ3v) is 2.47. The Balaban J connectivity index is 2.42. The number of rotatable bonds is 5. The number of amides is 2. The van der Waals surface area contributed by atoms with Gasteiger partial charge >= 0.3 is 11.8 Å². The van der Waals surface area contributed by atoms with E-state index in [4.69, 9.17) is 5.73 Å². The molecule has 19 heavy (non-hydrogen) atoms. The van der Waals surface area contributed by atoms with Crippen molar-refractivity contribution in [3.8, 4) is 0 Å². The summed E-state index contributed by atoms with van der Waals surface area (Å²) in [5.41, 5.74) is 6.10. The molecular formula is C13H18FN3O2. The number of hydrogen-bond acceptors (Lipinski definition) is 3. The predicted molar refractivity (Wildman–Crippen MR) is 69.8 cm³/mol. The predicted octanol–water partition coefficient (Wildman–Crippen LogP) is -0.0522. The molecule has 6 heteroatoms. The minimum absolute atomic E-state index is 0.221. The molecule has 0 aliphatic rings. The fourth-order valence-corrected chi connectivity index (χ4v) is 1.58. The number of carbonyl (C=O) groups is 2. The Morgan fingerprint density at radius 2 is 1.89 bits per heavy atom. The molecule has 0 fully saturated rings. The van der Waals surface area contributed by atoms with Gasteiger partial charge in [0.25, 0.3) is 0 Å². The first-order valence-corrected chi connectivity index (χ1v) is 6.06. The molecule has 0 aliphatic carbocycles. The fourth-order valence-electron chi connectivity index (χ4n) is 1.58. The Morgan fingerprint density at radius 3 is 2.47 bits per heavy atom. The second-order valence-electron chi connectivity index (χ2n) is 4.25. The molecular weight excluding hydrogens is 249 g/mol. The van der Waals surface area contributed by atoms with Crippen LogP contribution in [0.3, 0.4) is 0 Å². The summed E-state index contributed by atoms with van der Waals surface area (Å²) in [6.45, 7) is 2.32. The Hall–Kier alpha value is -1.95. The van der Waals surface area contributed by atoms with Crippen molar-refractivity contribution in [3.63, 3.8) is 0 Å². The van der Waals surface area contributed by atoms with Crippen LogP contribution in [0.2, 0.25) is 0 Å². The van der Waals surface area contributed by atoms with Crippen LogP contribution in [0.25, 0.3) is 0 Å². The molecule has 0 bridgehead atoms. The number of carbonyl (C=O) groups excluding carboxylic acids is 2. The van der Waals surface area contributed by atoms with Gasteiger partial charge < -0.3 is 16.4 Å². The zero-order valence-electron chi connectivity index (χ0n) is 10.8. The van der Waals surface area contributed by atoms with Gasteiger partial charge in [-0.3, -0.25) is 9.59 Å². The molecule has 104 valence electrons. The van der Waals surface area contributed by atoms with E-state index in [0.29, 0.717) is 6.42 Å². The second-order valence-corrected chi connectivity index (χ2v) is 4.25. The van der Waals surface area contributed by atoms with Gasteiger partial charge in [0, 0.05) is 19.1 Å². The van der Waals surface area contributed by atoms with Gasteiger partial charge in [-0.25, -0.2) is 4.39 Å². The van der Waals surface area contributed by atoms with E-state index in [-0.39, 0.29) is 24.9 Å². The molecule has 1 aromatic rings. The van der Waals surface area contributed by atoms with Crippen molar-refractivity contribution < 1.29 is 14.0 Å². The normalized spacial score (nSPS) is 11.7. The molecule has 1 atom stereocenters. The molecule has 0 saturated carbocycles. The van der Waals surface area contributed by atoms with Crippen LogP contribution in [0.15, 0.2) is 24.3 Å². The zero-order valence-corrected chi connectivity index (χ0v) is 10.8. The van der Waals surface area contributed by atoms with Crippen molar-refractivity contribution in [2.75, 3.05) is 13.1 Å². The van der Waals surface area contributed by atoms with Crippen LogP contribution in [0.1, 0.15) is 12.5 Å². The molecule has 1 aromatic carbocycles. The Kier molecular flexibility index (Phi) is 5.95. The van der Waals surface area contributed by atoms with E-state index in [2.05, 4.69) is 10.6 Å². The third-order valence-electron chi connectivity index (χ3n) is 2.47. The van der Waals surface area contributed by atoms with Gasteiger partial charge in [-0.05, 0) is 31.0 Å². The summed E-state index contributed by atoms with van der Waals surface area (Å²) in [4.78, 5) is 22.8. The van der Waals surface area contributed by atoms with Crippen LogP contribution in [0, 0.1) is 5.82 Å². The fraction of sp³-hybridized carbons (Fsp3) is 0.385. The highest BCUT2D eigenvalue weighted by molar-refractivity contribution is 6.35. The van der Waals surface area contributed by atoms with Gasteiger partial charge in [0.05, 0.1) is 0 Å². The summed E-state index contributed by atoms with van der Waals surface area (Å²) in [5.74, 6) is -1.69. The van der Waals surface area contributed by atoms with Gasteiger partial charge in [0.2, 0.25) is 0 Å². The van der Waals surface area contributed by atoms with Crippen molar-refractivity contribution in [3.05, 3.63) is 35.6 Å². The van der Waals surface area contributed by atoms with Gasteiger partial charge in [-0.1, -0.05) is 12.1 Å². The van der Waals surface area contributed by atoms with E-state index < -0.39 is 11.8 Å². The molecule has 0 radical (unpaired) electrons. The Bertz CT molecular complexity index is 434. The maximum absolute atomic E-state index is 12.7. The first-order chi connectivity index (χ1) is 9.02. The summed E-state index contributed by atoms with van der Waals surface area (Å²) in [5, 5.41) is 4.95. The number of hydrogen-bond donors (Lipinski definition) is 3. The maximum atomic E-state index is 12.7. The van der Waals surface area contributed by atoms with Crippen LogP contribution >= 0.6 is 0 Å². The van der Waals surface area contributed by atoms with E-state index >= 15 is 0 Å². The van der Waals surface area contributed by atoms with Gasteiger partial charge in [0.1, 0.15) is 5.82 Å². The largest absolute Gasteiger partial charge is 0.347 e. The summed E-state index contributed by atoms with van der Waals surface area (Å²) >= 11 is 0. The first-order valence-electron chi connectivity index (χ1n) is 6.06. The molecule has 0 aliphatic heterocycles. The molecule has 1 rings (SSSR count). The summed E-state index contributed by atoms with van der Waals surface area (Å²) in [6.07, 6.45) is 0.524. The van der Waals surface area contributed by atoms with E-state index in [1.165, 1.54) is 12.1 Å². The highest BCUT2D eigenvalue weighted by Crippen LogP contribution is 2.05. The Labute approximate surface area is 111 Å². The molecule has 0 spiro atoms. The molecule has 0 saturated heterocycles. The third kappa shape index (κ3) is 5.48. The van der Waals surface area contributed by atoms with E-state index in [1.807, 2.05) is 0 Å². The lowest BCUT2D eigenvalue weighted by Gasteiger charge is -2.13. The van der Waals surface area contributed by atoms with Crippen molar-refractivity contribution in [2.24, 2.45) is 5.73 Å². The second kappa shape index (κ2) is 7.48. The van der Waals surface area contributed by atoms with Crippen LogP contribution in [0.4, 0.5) is 4.39 Å². The molecule has 1 unspecified atom stereocenters. The standard InChI is InChI=1S/C13H18FN3O2/c1-9(8-10-2-4-11(14)5-3-10)17-13(19)12(18)16-7-6-15/h2-5,9H,6-8,15H2,1H3,(H,16,18)(H,17,19). The van der Waals surface area contributed by atoms with E-state index in [1.54, 1.807) is 19.1 Å². The lowest BCUT2D eigenvalue weighted by molar-refractivity contribution is -0.139. The van der Waals surface area contributed by atoms with E-state index in [0.717, 1.165) is 5.56 Å². The van der Waals surface area contributed by atoms with Crippen molar-refractivity contribution >= 4 is 11.8 Å². The van der Waals surface area contributed by atoms with Crippen LogP contribution in [-0.4, -0.2) is 30.9 Å². The lowest BCUT2D eigenvalue weighted by atomic mass is 10.1. The molecule has 5 nitrogen and oxygen atoms in total. The zero-order chi connectivity index (χ0) is 14.3. The summed E-state index contributed by atoms with van der Waals surface area (Å²) in [7, 11) is 0. The van der Waals surface area contributed by atoms with Gasteiger partial charge in [-0.2, -0.15) is 0 Å². The smallest absolute Gasteiger partial charge is 0.309 e. The van der Waals surface area contributed by atoms with E-state index in [9.17, 15) is 14.0 Å². The minimum Gasteiger partial charge on any atom is -0.347 e. The van der Waals surface area contributed by atoms with Crippen molar-refractivity contribution in [1.82, 2.24) is 10.6 Å². The quantitative estimate of drug-likeness (QED) is 0.654. The Morgan fingerprint density at radius 1 is 1.26 bits per heavy atom. The number of benzene rings is 1. The van der Waals surface area contributed by atoms with Crippen LogP contribution < -0.4 is 16.4 Å². The monoisotopic (exact) mass is 267 g/mol. The molecule has 4 N–H and O–H groups in total. The maximum Gasteiger partial charge on any atom is 0.309 e. The minimum atomic E-state index is -0.698. The van der Waals surface area contributed by atoms with Gasteiger partial charge in [0.15, 0.2) is 0 Å². The lowest BCUT2D eigenvalue weighted by Crippen LogP contribution is -2.45. The van der Waals surface area contributed by atoms with Crippen LogP contribution in [-0.2, 0) is 16.0 Å². The average Bonchev–Trinajstić information content (AvgIpc) is 2.38. The van der Waals surface area contributed by atoms with Crippen LogP contribution in [0.5, 0.6) is 0 Å². The SMILES string of the molecule is CC(Cc1ccc(F)cc1)NC(=O)C(=O)NCCN. The highest BCUT2D eigenvalue weighted by Gasteiger charge is 2.15. The first kappa shape index (κ1) is 15.1. The highest BCUT2D eigenvalue weighted by atomic mass is 19.1. The van der Waals surface area contributed by atoms with Crippen molar-refractivity contribution in [1.29, 1.82) is 0 Å². The molecule has 0 aromatic heterocycles. The summed E-state index contributed by atoms with van der Waals surface area (Å²) < 4.78 is 12.7. The summed E-state index contributed by atoms with van der Waals surface area (Å²) in [6, 6.07) is 5.79. The van der Waals surface area contributed by atoms with Crippen molar-refractivity contribution in [2.45, 2.75) is 19.4 Å².